The fraction of sp³-hybridized carbons (Fsp3) is 0.438. The topological polar surface area (TPSA) is 58.6 Å². The summed E-state index contributed by atoms with van der Waals surface area (Å²) in [6.45, 7) is 3.68. The van der Waals surface area contributed by atoms with Crippen molar-refractivity contribution in [3.05, 3.63) is 28.8 Å². The number of benzene rings is 1. The molecule has 21 heavy (non-hydrogen) atoms. The molecular weight excluding hydrogens is 290 g/mol. The molecule has 0 spiro atoms. The number of hydrogen-bond acceptors (Lipinski definition) is 3. The number of carbonyl (C=O) groups excluding carboxylic acids is 1. The van der Waals surface area contributed by atoms with Crippen LogP contribution >= 0.6 is 11.6 Å². The molecule has 1 amide bonds. The number of aliphatic hydroxyl groups excluding tert-OH is 1. The van der Waals surface area contributed by atoms with Gasteiger partial charge in [-0.25, -0.2) is 0 Å². The lowest BCUT2D eigenvalue weighted by Crippen LogP contribution is -2.29. The van der Waals surface area contributed by atoms with Crippen LogP contribution < -0.4 is 5.32 Å². The minimum absolute atomic E-state index is 0.00269. The Kier molecular flexibility index (Phi) is 6.70. The van der Waals surface area contributed by atoms with Gasteiger partial charge in [-0.15, -0.1) is 0 Å². The van der Waals surface area contributed by atoms with E-state index in [9.17, 15) is 4.79 Å². The molecule has 0 aliphatic heterocycles. The van der Waals surface area contributed by atoms with E-state index < -0.39 is 5.60 Å². The molecule has 0 saturated heterocycles. The van der Waals surface area contributed by atoms with E-state index in [4.69, 9.17) is 21.4 Å². The molecule has 0 saturated carbocycles. The van der Waals surface area contributed by atoms with Gasteiger partial charge >= 0.3 is 0 Å². The molecule has 0 unspecified atom stereocenters. The second kappa shape index (κ2) is 8.04. The van der Waals surface area contributed by atoms with Gasteiger partial charge in [0.05, 0.1) is 24.3 Å². The van der Waals surface area contributed by atoms with Crippen LogP contribution in [0.15, 0.2) is 18.2 Å². The Bertz CT molecular complexity index is 558. The maximum absolute atomic E-state index is 12.0. The van der Waals surface area contributed by atoms with E-state index in [0.717, 1.165) is 0 Å². The first kappa shape index (κ1) is 17.5. The highest BCUT2D eigenvalue weighted by atomic mass is 35.5. The third kappa shape index (κ3) is 6.17. The van der Waals surface area contributed by atoms with Crippen LogP contribution in [0.1, 0.15) is 32.3 Å². The number of hydrogen-bond donors (Lipinski definition) is 2. The maximum Gasteiger partial charge on any atom is 0.227 e. The molecule has 4 nitrogen and oxygen atoms in total. The Morgan fingerprint density at radius 1 is 1.48 bits per heavy atom. The minimum atomic E-state index is -0.529. The van der Waals surface area contributed by atoms with Crippen molar-refractivity contribution < 1.29 is 14.6 Å². The van der Waals surface area contributed by atoms with Crippen molar-refractivity contribution in [1.29, 1.82) is 0 Å². The van der Waals surface area contributed by atoms with E-state index in [-0.39, 0.29) is 18.9 Å². The van der Waals surface area contributed by atoms with Crippen LogP contribution in [-0.4, -0.2) is 30.3 Å². The van der Waals surface area contributed by atoms with Gasteiger partial charge in [0.1, 0.15) is 0 Å². The van der Waals surface area contributed by atoms with Gasteiger partial charge in [0.15, 0.2) is 0 Å². The zero-order valence-electron chi connectivity index (χ0n) is 12.5. The SMILES string of the molecule is COC(C)(C)CC(=O)Nc1ccc(Cl)cc1C#CCCO. The van der Waals surface area contributed by atoms with Gasteiger partial charge in [0, 0.05) is 24.1 Å². The zero-order chi connectivity index (χ0) is 15.9. The lowest BCUT2D eigenvalue weighted by Gasteiger charge is -2.22. The molecule has 5 heteroatoms. The van der Waals surface area contributed by atoms with Crippen LogP contribution in [0.3, 0.4) is 0 Å². The van der Waals surface area contributed by atoms with Gasteiger partial charge in [0.25, 0.3) is 0 Å². The number of methoxy groups -OCH3 is 1. The summed E-state index contributed by atoms with van der Waals surface area (Å²) >= 11 is 5.95. The van der Waals surface area contributed by atoms with Crippen molar-refractivity contribution in [2.45, 2.75) is 32.3 Å². The lowest BCUT2D eigenvalue weighted by molar-refractivity contribution is -0.121. The summed E-state index contributed by atoms with van der Waals surface area (Å²) in [4.78, 5) is 12.0. The molecule has 1 aromatic carbocycles. The van der Waals surface area contributed by atoms with Crippen molar-refractivity contribution in [2.24, 2.45) is 0 Å². The third-order valence-corrected chi connectivity index (χ3v) is 3.09. The molecule has 0 bridgehead atoms. The second-order valence-corrected chi connectivity index (χ2v) is 5.59. The third-order valence-electron chi connectivity index (χ3n) is 2.85. The van der Waals surface area contributed by atoms with Crippen molar-refractivity contribution in [2.75, 3.05) is 19.0 Å². The van der Waals surface area contributed by atoms with Gasteiger partial charge in [0.2, 0.25) is 5.91 Å². The summed E-state index contributed by atoms with van der Waals surface area (Å²) in [5.74, 6) is 5.56. The average Bonchev–Trinajstić information content (AvgIpc) is 2.41. The molecule has 2 N–H and O–H groups in total. The number of anilines is 1. The fourth-order valence-electron chi connectivity index (χ4n) is 1.60. The van der Waals surface area contributed by atoms with Gasteiger partial charge in [-0.1, -0.05) is 23.4 Å². The molecule has 0 aromatic heterocycles. The Labute approximate surface area is 130 Å². The van der Waals surface area contributed by atoms with Gasteiger partial charge in [-0.3, -0.25) is 4.79 Å². The zero-order valence-corrected chi connectivity index (χ0v) is 13.3. The monoisotopic (exact) mass is 309 g/mol. The van der Waals surface area contributed by atoms with Crippen molar-refractivity contribution >= 4 is 23.2 Å². The summed E-state index contributed by atoms with van der Waals surface area (Å²) in [6.07, 6.45) is 0.603. The van der Waals surface area contributed by atoms with E-state index in [1.54, 1.807) is 25.3 Å². The molecule has 0 fully saturated rings. The van der Waals surface area contributed by atoms with Crippen LogP contribution in [0.4, 0.5) is 5.69 Å². The van der Waals surface area contributed by atoms with Crippen LogP contribution in [0, 0.1) is 11.8 Å². The lowest BCUT2D eigenvalue weighted by atomic mass is 10.0. The molecule has 0 aliphatic rings. The smallest absolute Gasteiger partial charge is 0.227 e. The quantitative estimate of drug-likeness (QED) is 0.822. The Morgan fingerprint density at radius 3 is 2.81 bits per heavy atom. The highest BCUT2D eigenvalue weighted by Crippen LogP contribution is 2.21. The predicted octanol–water partition coefficient (Wildman–Crippen LogP) is 2.83. The highest BCUT2D eigenvalue weighted by molar-refractivity contribution is 6.30. The summed E-state index contributed by atoms with van der Waals surface area (Å²) in [5.41, 5.74) is 0.695. The minimum Gasteiger partial charge on any atom is -0.395 e. The van der Waals surface area contributed by atoms with Crippen molar-refractivity contribution in [3.8, 4) is 11.8 Å². The Hall–Kier alpha value is -1.54. The number of nitrogens with one attached hydrogen (secondary N) is 1. The summed E-state index contributed by atoms with van der Waals surface area (Å²) in [6, 6.07) is 5.09. The number of ether oxygens (including phenoxy) is 1. The number of aliphatic hydroxyl groups is 1. The first-order chi connectivity index (χ1) is 9.88. The molecule has 0 heterocycles. The molecular formula is C16H20ClNO3. The van der Waals surface area contributed by atoms with E-state index in [2.05, 4.69) is 17.2 Å². The van der Waals surface area contributed by atoms with Crippen LogP contribution in [0.5, 0.6) is 0 Å². The normalized spacial score (nSPS) is 10.7. The molecule has 0 aliphatic carbocycles. The van der Waals surface area contributed by atoms with E-state index in [1.165, 1.54) is 0 Å². The van der Waals surface area contributed by atoms with E-state index in [1.807, 2.05) is 13.8 Å². The first-order valence-corrected chi connectivity index (χ1v) is 7.00. The number of carbonyl (C=O) groups is 1. The Morgan fingerprint density at radius 2 is 2.19 bits per heavy atom. The molecule has 114 valence electrons. The van der Waals surface area contributed by atoms with E-state index >= 15 is 0 Å². The number of halogens is 1. The number of amides is 1. The van der Waals surface area contributed by atoms with Crippen LogP contribution in [0.25, 0.3) is 0 Å². The van der Waals surface area contributed by atoms with Crippen molar-refractivity contribution in [3.63, 3.8) is 0 Å². The molecule has 1 aromatic rings. The predicted molar refractivity (Wildman–Crippen MR) is 84.4 cm³/mol. The first-order valence-electron chi connectivity index (χ1n) is 6.62. The van der Waals surface area contributed by atoms with Crippen LogP contribution in [0.2, 0.25) is 5.02 Å². The standard InChI is InChI=1S/C16H20ClNO3/c1-16(2,21-3)11-15(20)18-14-8-7-13(17)10-12(14)6-4-5-9-19/h7-8,10,19H,5,9,11H2,1-3H3,(H,18,20). The van der Waals surface area contributed by atoms with E-state index in [0.29, 0.717) is 22.7 Å². The maximum atomic E-state index is 12.0. The largest absolute Gasteiger partial charge is 0.395 e. The Balaban J connectivity index is 2.88. The summed E-state index contributed by atoms with van der Waals surface area (Å²) in [7, 11) is 1.57. The van der Waals surface area contributed by atoms with Gasteiger partial charge in [-0.05, 0) is 32.0 Å². The van der Waals surface area contributed by atoms with Gasteiger partial charge < -0.3 is 15.2 Å². The molecule has 1 rings (SSSR count). The second-order valence-electron chi connectivity index (χ2n) is 5.15. The fourth-order valence-corrected chi connectivity index (χ4v) is 1.77. The van der Waals surface area contributed by atoms with Crippen molar-refractivity contribution in [1.82, 2.24) is 0 Å². The van der Waals surface area contributed by atoms with Gasteiger partial charge in [-0.2, -0.15) is 0 Å². The summed E-state index contributed by atoms with van der Waals surface area (Å²) in [5, 5.41) is 12.1. The van der Waals surface area contributed by atoms with Crippen LogP contribution in [-0.2, 0) is 9.53 Å². The summed E-state index contributed by atoms with van der Waals surface area (Å²) < 4.78 is 5.24. The molecule has 0 radical (unpaired) electrons. The average molecular weight is 310 g/mol. The highest BCUT2D eigenvalue weighted by Gasteiger charge is 2.21. The molecule has 0 atom stereocenters. The number of rotatable bonds is 5.